The molecule has 0 saturated heterocycles. The Balaban J connectivity index is 2.69. The molecular formula is C14H23NO2. The van der Waals surface area contributed by atoms with Crippen LogP contribution < -0.4 is 10.5 Å². The van der Waals surface area contributed by atoms with Crippen LogP contribution in [-0.4, -0.2) is 24.9 Å². The predicted octanol–water partition coefficient (Wildman–Crippen LogP) is 1.83. The minimum atomic E-state index is 0.110. The summed E-state index contributed by atoms with van der Waals surface area (Å²) < 4.78 is 5.77. The number of rotatable bonds is 7. The average Bonchev–Trinajstić information content (AvgIpc) is 2.34. The van der Waals surface area contributed by atoms with Crippen LogP contribution in [0.25, 0.3) is 0 Å². The lowest BCUT2D eigenvalue weighted by atomic mass is 9.99. The summed E-state index contributed by atoms with van der Waals surface area (Å²) in [6, 6.07) is 7.97. The Morgan fingerprint density at radius 1 is 1.29 bits per heavy atom. The van der Waals surface area contributed by atoms with E-state index in [-0.39, 0.29) is 12.5 Å². The molecular weight excluding hydrogens is 214 g/mol. The summed E-state index contributed by atoms with van der Waals surface area (Å²) in [5, 5.41) is 9.18. The third-order valence-corrected chi connectivity index (χ3v) is 2.64. The minimum absolute atomic E-state index is 0.110. The summed E-state index contributed by atoms with van der Waals surface area (Å²) in [7, 11) is 0. The van der Waals surface area contributed by atoms with E-state index in [1.54, 1.807) is 0 Å². The van der Waals surface area contributed by atoms with Crippen LogP contribution in [0.2, 0.25) is 0 Å². The number of aliphatic hydroxyl groups excluding tert-OH is 1. The Hall–Kier alpha value is -1.06. The molecule has 0 amide bonds. The maximum atomic E-state index is 9.18. The second-order valence-electron chi connectivity index (χ2n) is 4.80. The van der Waals surface area contributed by atoms with Crippen LogP contribution in [0.5, 0.6) is 5.75 Å². The first-order valence-electron chi connectivity index (χ1n) is 6.19. The van der Waals surface area contributed by atoms with Crippen molar-refractivity contribution in [3.05, 3.63) is 29.8 Å². The first kappa shape index (κ1) is 14.0. The van der Waals surface area contributed by atoms with Gasteiger partial charge in [-0.25, -0.2) is 0 Å². The molecule has 0 aliphatic heterocycles. The van der Waals surface area contributed by atoms with Crippen molar-refractivity contribution in [1.29, 1.82) is 0 Å². The van der Waals surface area contributed by atoms with Gasteiger partial charge in [0.1, 0.15) is 5.75 Å². The molecule has 3 N–H and O–H groups in total. The highest BCUT2D eigenvalue weighted by molar-refractivity contribution is 5.33. The van der Waals surface area contributed by atoms with Crippen LogP contribution in [-0.2, 0) is 6.42 Å². The van der Waals surface area contributed by atoms with Crippen molar-refractivity contribution in [1.82, 2.24) is 0 Å². The van der Waals surface area contributed by atoms with Gasteiger partial charge in [0.25, 0.3) is 0 Å². The first-order valence-corrected chi connectivity index (χ1v) is 6.19. The van der Waals surface area contributed by atoms with Crippen molar-refractivity contribution in [2.24, 2.45) is 17.6 Å². The highest BCUT2D eigenvalue weighted by Crippen LogP contribution is 2.21. The lowest BCUT2D eigenvalue weighted by Crippen LogP contribution is -2.20. The van der Waals surface area contributed by atoms with Gasteiger partial charge in [-0.1, -0.05) is 32.0 Å². The summed E-state index contributed by atoms with van der Waals surface area (Å²) in [6.45, 7) is 5.57. The van der Waals surface area contributed by atoms with E-state index >= 15 is 0 Å². The number of nitrogens with two attached hydrogens (primary N) is 1. The number of para-hydroxylation sites is 1. The standard InChI is InChI=1S/C14H23NO2/c1-11(2)10-17-14-6-4-3-5-13(14)7-12(8-15)9-16/h3-6,11-12,16H,7-10,15H2,1-2H3. The lowest BCUT2D eigenvalue weighted by Gasteiger charge is -2.16. The zero-order valence-corrected chi connectivity index (χ0v) is 10.7. The molecule has 96 valence electrons. The van der Waals surface area contributed by atoms with Gasteiger partial charge in [-0.15, -0.1) is 0 Å². The molecule has 1 unspecified atom stereocenters. The molecule has 0 aliphatic rings. The van der Waals surface area contributed by atoms with E-state index < -0.39 is 0 Å². The number of hydrogen-bond acceptors (Lipinski definition) is 3. The Kier molecular flexibility index (Phi) is 6.01. The molecule has 0 radical (unpaired) electrons. The van der Waals surface area contributed by atoms with Crippen molar-refractivity contribution in [2.75, 3.05) is 19.8 Å². The second kappa shape index (κ2) is 7.30. The lowest BCUT2D eigenvalue weighted by molar-refractivity contribution is 0.226. The van der Waals surface area contributed by atoms with Gasteiger partial charge in [0.2, 0.25) is 0 Å². The normalized spacial score (nSPS) is 12.8. The number of ether oxygens (including phenoxy) is 1. The quantitative estimate of drug-likeness (QED) is 0.760. The molecule has 1 aromatic carbocycles. The molecule has 3 nitrogen and oxygen atoms in total. The fourth-order valence-corrected chi connectivity index (χ4v) is 1.60. The number of hydrogen-bond donors (Lipinski definition) is 2. The number of benzene rings is 1. The van der Waals surface area contributed by atoms with Gasteiger partial charge in [0.15, 0.2) is 0 Å². The third kappa shape index (κ3) is 4.75. The second-order valence-corrected chi connectivity index (χ2v) is 4.80. The van der Waals surface area contributed by atoms with Gasteiger partial charge in [0.05, 0.1) is 6.61 Å². The fourth-order valence-electron chi connectivity index (χ4n) is 1.60. The average molecular weight is 237 g/mol. The molecule has 0 aromatic heterocycles. The fraction of sp³-hybridized carbons (Fsp3) is 0.571. The van der Waals surface area contributed by atoms with Crippen LogP contribution in [0.1, 0.15) is 19.4 Å². The van der Waals surface area contributed by atoms with Crippen molar-refractivity contribution in [3.8, 4) is 5.75 Å². The Morgan fingerprint density at radius 3 is 2.59 bits per heavy atom. The molecule has 1 rings (SSSR count). The van der Waals surface area contributed by atoms with Crippen LogP contribution in [0, 0.1) is 11.8 Å². The van der Waals surface area contributed by atoms with Crippen molar-refractivity contribution >= 4 is 0 Å². The van der Waals surface area contributed by atoms with E-state index in [9.17, 15) is 5.11 Å². The molecule has 17 heavy (non-hydrogen) atoms. The molecule has 3 heteroatoms. The molecule has 0 fully saturated rings. The van der Waals surface area contributed by atoms with E-state index in [2.05, 4.69) is 13.8 Å². The topological polar surface area (TPSA) is 55.5 Å². The zero-order chi connectivity index (χ0) is 12.7. The van der Waals surface area contributed by atoms with Gasteiger partial charge in [-0.3, -0.25) is 0 Å². The van der Waals surface area contributed by atoms with Gasteiger partial charge >= 0.3 is 0 Å². The SMILES string of the molecule is CC(C)COc1ccccc1CC(CN)CO. The van der Waals surface area contributed by atoms with Crippen LogP contribution in [0.4, 0.5) is 0 Å². The smallest absolute Gasteiger partial charge is 0.122 e. The summed E-state index contributed by atoms with van der Waals surface area (Å²) in [4.78, 5) is 0. The summed E-state index contributed by atoms with van der Waals surface area (Å²) >= 11 is 0. The van der Waals surface area contributed by atoms with Crippen LogP contribution >= 0.6 is 0 Å². The summed E-state index contributed by atoms with van der Waals surface area (Å²) in [5.74, 6) is 1.53. The van der Waals surface area contributed by atoms with Crippen LogP contribution in [0.15, 0.2) is 24.3 Å². The first-order chi connectivity index (χ1) is 8.17. The molecule has 1 aromatic rings. The molecule has 0 heterocycles. The predicted molar refractivity (Wildman–Crippen MR) is 70.1 cm³/mol. The Morgan fingerprint density at radius 2 is 2.00 bits per heavy atom. The van der Waals surface area contributed by atoms with Crippen LogP contribution in [0.3, 0.4) is 0 Å². The molecule has 0 spiro atoms. The highest BCUT2D eigenvalue weighted by Gasteiger charge is 2.10. The van der Waals surface area contributed by atoms with E-state index in [0.717, 1.165) is 17.7 Å². The summed E-state index contributed by atoms with van der Waals surface area (Å²) in [5.41, 5.74) is 6.73. The maximum Gasteiger partial charge on any atom is 0.122 e. The van der Waals surface area contributed by atoms with Gasteiger partial charge < -0.3 is 15.6 Å². The molecule has 0 aliphatic carbocycles. The van der Waals surface area contributed by atoms with Gasteiger partial charge in [-0.2, -0.15) is 0 Å². The van der Waals surface area contributed by atoms with E-state index in [4.69, 9.17) is 10.5 Å². The van der Waals surface area contributed by atoms with E-state index in [1.807, 2.05) is 24.3 Å². The van der Waals surface area contributed by atoms with Crippen molar-refractivity contribution in [2.45, 2.75) is 20.3 Å². The van der Waals surface area contributed by atoms with E-state index in [1.165, 1.54) is 0 Å². The van der Waals surface area contributed by atoms with Crippen molar-refractivity contribution < 1.29 is 9.84 Å². The monoisotopic (exact) mass is 237 g/mol. The van der Waals surface area contributed by atoms with Crippen molar-refractivity contribution in [3.63, 3.8) is 0 Å². The van der Waals surface area contributed by atoms with Gasteiger partial charge in [-0.05, 0) is 36.4 Å². The Labute approximate surface area is 104 Å². The zero-order valence-electron chi connectivity index (χ0n) is 10.7. The molecule has 0 bridgehead atoms. The maximum absolute atomic E-state index is 9.18. The Bertz CT molecular complexity index is 322. The highest BCUT2D eigenvalue weighted by atomic mass is 16.5. The van der Waals surface area contributed by atoms with E-state index in [0.29, 0.717) is 19.1 Å². The summed E-state index contributed by atoms with van der Waals surface area (Å²) in [6.07, 6.45) is 0.765. The third-order valence-electron chi connectivity index (χ3n) is 2.64. The van der Waals surface area contributed by atoms with Gasteiger partial charge in [0, 0.05) is 6.61 Å². The largest absolute Gasteiger partial charge is 0.493 e. The minimum Gasteiger partial charge on any atom is -0.493 e. The molecule has 1 atom stereocenters. The molecule has 0 saturated carbocycles. The number of aliphatic hydroxyl groups is 1.